The second-order valence-electron chi connectivity index (χ2n) is 13.6. The average Bonchev–Trinajstić information content (AvgIpc) is 3.35. The van der Waals surface area contributed by atoms with Crippen molar-refractivity contribution in [1.82, 2.24) is 24.8 Å². The Hall–Kier alpha value is -3.86. The maximum Gasteiger partial charge on any atom is 0.319 e. The highest BCUT2D eigenvalue weighted by Crippen LogP contribution is 2.46. The third kappa shape index (κ3) is 4.19. The number of nitrogen functional groups attached to an aromatic ring is 1. The number of ether oxygens (including phenoxy) is 1. The molecule has 5 fully saturated rings. The lowest BCUT2D eigenvalue weighted by molar-refractivity contribution is 0.108. The van der Waals surface area contributed by atoms with Crippen molar-refractivity contribution in [3.63, 3.8) is 0 Å². The second-order valence-corrected chi connectivity index (χ2v) is 14.7. The van der Waals surface area contributed by atoms with E-state index >= 15 is 8.78 Å². The molecular formula is C33H34F2N8O2S. The summed E-state index contributed by atoms with van der Waals surface area (Å²) in [6, 6.07) is 5.09. The number of pyridine rings is 1. The Morgan fingerprint density at radius 1 is 1.09 bits per heavy atom. The third-order valence-corrected chi connectivity index (χ3v) is 11.9. The first kappa shape index (κ1) is 28.4. The Kier molecular flexibility index (Phi) is 6.37. The van der Waals surface area contributed by atoms with Crippen LogP contribution in [0.25, 0.3) is 32.2 Å². The topological polar surface area (TPSA) is 125 Å². The monoisotopic (exact) mass is 644 g/mol. The lowest BCUT2D eigenvalue weighted by Crippen LogP contribution is -2.51. The van der Waals surface area contributed by atoms with Gasteiger partial charge in [0, 0.05) is 42.2 Å². The molecule has 238 valence electrons. The first-order valence-corrected chi connectivity index (χ1v) is 17.1. The molecular weight excluding hydrogens is 610 g/mol. The van der Waals surface area contributed by atoms with Gasteiger partial charge >= 0.3 is 6.01 Å². The number of hydrogen-bond acceptors (Lipinski definition) is 10. The van der Waals surface area contributed by atoms with E-state index < -0.39 is 17.2 Å². The summed E-state index contributed by atoms with van der Waals surface area (Å²) in [4.78, 5) is 28.7. The predicted molar refractivity (Wildman–Crippen MR) is 172 cm³/mol. The van der Waals surface area contributed by atoms with Gasteiger partial charge in [0.1, 0.15) is 40.2 Å². The number of piperazine rings is 1. The van der Waals surface area contributed by atoms with E-state index in [-0.39, 0.29) is 72.5 Å². The van der Waals surface area contributed by atoms with Gasteiger partial charge in [-0.15, -0.1) is 11.3 Å². The number of anilines is 2. The smallest absolute Gasteiger partial charge is 0.319 e. The lowest BCUT2D eigenvalue weighted by atomic mass is 9.95. The fourth-order valence-corrected chi connectivity index (χ4v) is 9.52. The molecule has 4 saturated heterocycles. The summed E-state index contributed by atoms with van der Waals surface area (Å²) in [5.74, 6) is -0.868. The number of thiophene rings is 1. The molecule has 13 heteroatoms. The summed E-state index contributed by atoms with van der Waals surface area (Å²) in [6.45, 7) is 3.77. The molecule has 46 heavy (non-hydrogen) atoms. The van der Waals surface area contributed by atoms with E-state index in [4.69, 9.17) is 15.5 Å². The quantitative estimate of drug-likeness (QED) is 0.308. The van der Waals surface area contributed by atoms with Gasteiger partial charge in [-0.2, -0.15) is 15.2 Å². The number of fused-ring (bicyclic) bond motifs is 5. The van der Waals surface area contributed by atoms with Gasteiger partial charge in [-0.3, -0.25) is 9.69 Å². The zero-order valence-corrected chi connectivity index (χ0v) is 26.1. The number of hydrogen-bond donors (Lipinski definition) is 2. The largest absolute Gasteiger partial charge is 0.461 e. The molecule has 2 atom stereocenters. The third-order valence-electron chi connectivity index (χ3n) is 10.9. The van der Waals surface area contributed by atoms with E-state index in [2.05, 4.69) is 26.2 Å². The number of aromatic nitrogens is 3. The minimum Gasteiger partial charge on any atom is -0.461 e. The summed E-state index contributed by atoms with van der Waals surface area (Å²) >= 11 is 0.946. The van der Waals surface area contributed by atoms with Gasteiger partial charge in [-0.1, -0.05) is 0 Å². The van der Waals surface area contributed by atoms with Crippen molar-refractivity contribution < 1.29 is 13.5 Å². The molecule has 1 saturated carbocycles. The zero-order chi connectivity index (χ0) is 31.3. The van der Waals surface area contributed by atoms with E-state index in [9.17, 15) is 10.1 Å². The SMILES string of the molecule is N#Cc1c(N)sc2c(F)ccc(-c3c(F)c4nc(OCC56CCCN5CCC6)nc(N5CC6CCC(C5)N6)c4c(=O)n3C3CC3)c12. The van der Waals surface area contributed by atoms with Crippen LogP contribution in [0.3, 0.4) is 0 Å². The highest BCUT2D eigenvalue weighted by Gasteiger charge is 2.45. The molecule has 4 aromatic rings. The Balaban J connectivity index is 1.28. The minimum atomic E-state index is -0.712. The van der Waals surface area contributed by atoms with Crippen LogP contribution in [0.4, 0.5) is 19.6 Å². The predicted octanol–water partition coefficient (Wildman–Crippen LogP) is 4.69. The van der Waals surface area contributed by atoms with Crippen LogP contribution in [0.15, 0.2) is 16.9 Å². The molecule has 3 N–H and O–H groups in total. The van der Waals surface area contributed by atoms with Crippen molar-refractivity contribution in [1.29, 1.82) is 5.26 Å². The van der Waals surface area contributed by atoms with E-state index in [1.807, 2.05) is 0 Å². The van der Waals surface area contributed by atoms with Crippen LogP contribution in [0.1, 0.15) is 63.0 Å². The highest BCUT2D eigenvalue weighted by atomic mass is 32.1. The number of nitrogens with zero attached hydrogens (tertiary/aromatic N) is 6. The summed E-state index contributed by atoms with van der Waals surface area (Å²) in [6.07, 6.45) is 7.75. The fourth-order valence-electron chi connectivity index (χ4n) is 8.57. The molecule has 0 spiro atoms. The Bertz CT molecular complexity index is 2010. The summed E-state index contributed by atoms with van der Waals surface area (Å²) < 4.78 is 40.4. The lowest BCUT2D eigenvalue weighted by Gasteiger charge is -2.34. The normalized spacial score (nSPS) is 23.8. The molecule has 3 aromatic heterocycles. The van der Waals surface area contributed by atoms with Crippen molar-refractivity contribution in [3.05, 3.63) is 39.7 Å². The Morgan fingerprint density at radius 2 is 1.83 bits per heavy atom. The molecule has 10 nitrogen and oxygen atoms in total. The fraction of sp³-hybridized carbons (Fsp3) is 0.515. The number of nitriles is 1. The molecule has 1 aromatic carbocycles. The summed E-state index contributed by atoms with van der Waals surface area (Å²) in [5.41, 5.74) is 5.87. The van der Waals surface area contributed by atoms with Crippen LogP contribution in [0.2, 0.25) is 0 Å². The number of halogens is 2. The molecule has 0 amide bonds. The van der Waals surface area contributed by atoms with Gasteiger partial charge in [-0.25, -0.2) is 8.78 Å². The summed E-state index contributed by atoms with van der Waals surface area (Å²) in [5, 5.41) is 14.1. The van der Waals surface area contributed by atoms with Gasteiger partial charge in [0.25, 0.3) is 5.56 Å². The van der Waals surface area contributed by atoms with Crippen LogP contribution in [-0.2, 0) is 0 Å². The second kappa shape index (κ2) is 10.3. The molecule has 2 bridgehead atoms. The van der Waals surface area contributed by atoms with Crippen LogP contribution in [0.5, 0.6) is 6.01 Å². The standard InChI is InChI=1S/C33H34F2N8O2S/c34-22-8-7-20(23-21(13-36)29(37)46-28(22)23)27-25(35)26-24(31(44)43(27)19-5-6-19)30(41-14-17-3-4-18(15-41)38-17)40-32(39-26)45-16-33-9-1-11-42(33)12-2-10-33/h7-8,17-19,38H,1-6,9-12,14-16,37H2. The first-order valence-electron chi connectivity index (χ1n) is 16.3. The van der Waals surface area contributed by atoms with Crippen LogP contribution >= 0.6 is 11.3 Å². The molecule has 2 unspecified atom stereocenters. The van der Waals surface area contributed by atoms with E-state index in [1.165, 1.54) is 16.7 Å². The van der Waals surface area contributed by atoms with E-state index in [0.717, 1.165) is 63.0 Å². The van der Waals surface area contributed by atoms with Crippen molar-refractivity contribution in [2.24, 2.45) is 0 Å². The number of rotatable bonds is 6. The number of nitrogens with one attached hydrogen (secondary N) is 1. The van der Waals surface area contributed by atoms with Gasteiger partial charge in [-0.05, 0) is 76.6 Å². The Morgan fingerprint density at radius 3 is 2.52 bits per heavy atom. The number of nitrogens with two attached hydrogens (primary N) is 1. The molecule has 5 aliphatic rings. The summed E-state index contributed by atoms with van der Waals surface area (Å²) in [7, 11) is 0. The highest BCUT2D eigenvalue weighted by molar-refractivity contribution is 7.23. The molecule has 0 radical (unpaired) electrons. The van der Waals surface area contributed by atoms with Crippen LogP contribution in [0, 0.1) is 23.0 Å². The Labute approximate surface area is 267 Å². The molecule has 1 aliphatic carbocycles. The minimum absolute atomic E-state index is 0.00775. The van der Waals surface area contributed by atoms with Gasteiger partial charge in [0.2, 0.25) is 0 Å². The van der Waals surface area contributed by atoms with E-state index in [0.29, 0.717) is 38.4 Å². The van der Waals surface area contributed by atoms with Crippen molar-refractivity contribution >= 4 is 43.1 Å². The van der Waals surface area contributed by atoms with Crippen LogP contribution in [-0.4, -0.2) is 69.8 Å². The zero-order valence-electron chi connectivity index (χ0n) is 25.3. The van der Waals surface area contributed by atoms with Crippen molar-refractivity contribution in [2.75, 3.05) is 43.4 Å². The average molecular weight is 645 g/mol. The maximum atomic E-state index is 17.4. The van der Waals surface area contributed by atoms with Gasteiger partial charge < -0.3 is 25.3 Å². The number of benzene rings is 1. The van der Waals surface area contributed by atoms with Gasteiger partial charge in [0.05, 0.1) is 21.5 Å². The van der Waals surface area contributed by atoms with Crippen LogP contribution < -0.4 is 26.2 Å². The van der Waals surface area contributed by atoms with E-state index in [1.54, 1.807) is 0 Å². The first-order chi connectivity index (χ1) is 22.3. The van der Waals surface area contributed by atoms with Crippen molar-refractivity contribution in [3.8, 4) is 23.3 Å². The molecule has 7 heterocycles. The van der Waals surface area contributed by atoms with Crippen molar-refractivity contribution in [2.45, 2.75) is 75.0 Å². The molecule has 4 aliphatic heterocycles. The van der Waals surface area contributed by atoms with Gasteiger partial charge in [0.15, 0.2) is 5.82 Å². The molecule has 9 rings (SSSR count). The maximum absolute atomic E-state index is 17.4.